The Hall–Kier alpha value is 0.250. The summed E-state index contributed by atoms with van der Waals surface area (Å²) in [5, 5.41) is 0. The molecular weight excluding hydrogens is 422 g/mol. The molecule has 0 rings (SSSR count). The van der Waals surface area contributed by atoms with Gasteiger partial charge in [-0.05, 0) is 18.8 Å². The zero-order valence-corrected chi connectivity index (χ0v) is 24.8. The predicted octanol–water partition coefficient (Wildman–Crippen LogP) is 7.72. The van der Waals surface area contributed by atoms with E-state index in [0.29, 0.717) is 0 Å². The zero-order chi connectivity index (χ0) is 23.8. The van der Waals surface area contributed by atoms with Gasteiger partial charge in [-0.15, -0.1) is 0 Å². The fourth-order valence-electron chi connectivity index (χ4n) is 4.97. The monoisotopic (exact) mass is 487 g/mol. The normalized spacial score (nSPS) is 12.6. The van der Waals surface area contributed by atoms with E-state index in [0.717, 1.165) is 10.4 Å². The average molecular weight is 488 g/mol. The molecule has 1 unspecified atom stereocenters. The quantitative estimate of drug-likeness (QED) is 0.0864. The van der Waals surface area contributed by atoms with Crippen molar-refractivity contribution in [2.24, 2.45) is 5.92 Å². The van der Waals surface area contributed by atoms with Crippen LogP contribution >= 0.6 is 0 Å². The van der Waals surface area contributed by atoms with Gasteiger partial charge in [0.1, 0.15) is 0 Å². The first kappa shape index (κ1) is 35.4. The molecule has 0 heterocycles. The van der Waals surface area contributed by atoms with Crippen LogP contribution < -0.4 is 12.4 Å². The molecule has 0 amide bonds. The second kappa shape index (κ2) is 26.8. The number of rotatable bonds is 26. The third kappa shape index (κ3) is 32.2. The molecule has 33 heavy (non-hydrogen) atoms. The van der Waals surface area contributed by atoms with Crippen LogP contribution in [0, 0.1) is 5.92 Å². The van der Waals surface area contributed by atoms with Crippen molar-refractivity contribution in [3.8, 4) is 0 Å². The number of hydrogen-bond acceptors (Lipinski definition) is 0. The molecule has 0 radical (unpaired) electrons. The van der Waals surface area contributed by atoms with Crippen LogP contribution in [0.15, 0.2) is 0 Å². The molecule has 0 aromatic carbocycles. The van der Waals surface area contributed by atoms with Crippen molar-refractivity contribution < 1.29 is 16.9 Å². The number of unbranched alkanes of at least 4 members (excludes halogenated alkanes) is 20. The van der Waals surface area contributed by atoms with Gasteiger partial charge in [-0.2, -0.15) is 0 Å². The van der Waals surface area contributed by atoms with Gasteiger partial charge in [0.2, 0.25) is 0 Å². The van der Waals surface area contributed by atoms with Gasteiger partial charge in [-0.1, -0.05) is 155 Å². The Morgan fingerprint density at radius 3 is 1.00 bits per heavy atom. The summed E-state index contributed by atoms with van der Waals surface area (Å²) >= 11 is 0. The number of quaternary nitrogens is 1. The minimum absolute atomic E-state index is 0. The van der Waals surface area contributed by atoms with Crippen LogP contribution in [0.1, 0.15) is 168 Å². The van der Waals surface area contributed by atoms with E-state index in [2.05, 4.69) is 35.0 Å². The molecule has 0 saturated carbocycles. The van der Waals surface area contributed by atoms with Crippen molar-refractivity contribution in [1.82, 2.24) is 0 Å². The Morgan fingerprint density at radius 2 is 0.697 bits per heavy atom. The summed E-state index contributed by atoms with van der Waals surface area (Å²) in [4.78, 5) is 0. The Labute approximate surface area is 218 Å². The minimum Gasteiger partial charge on any atom is -1.00 e. The highest BCUT2D eigenvalue weighted by Crippen LogP contribution is 2.19. The maximum absolute atomic E-state index is 2.49. The second-order valence-electron chi connectivity index (χ2n) is 12.1. The minimum atomic E-state index is 0. The zero-order valence-electron chi connectivity index (χ0n) is 24.1. The fraction of sp³-hybridized carbons (Fsp3) is 1.00. The van der Waals surface area contributed by atoms with Crippen molar-refractivity contribution in [2.75, 3.05) is 27.7 Å². The molecule has 0 aromatic heterocycles. The van der Waals surface area contributed by atoms with Gasteiger partial charge in [0.15, 0.2) is 0 Å². The lowest BCUT2D eigenvalue weighted by Gasteiger charge is -2.23. The van der Waals surface area contributed by atoms with Crippen molar-refractivity contribution in [3.05, 3.63) is 0 Å². The molecule has 0 saturated heterocycles. The molecule has 1 nitrogen and oxygen atoms in total. The number of hydrogen-bond donors (Lipinski definition) is 0. The summed E-state index contributed by atoms with van der Waals surface area (Å²) in [5.74, 6) is 0.966. The van der Waals surface area contributed by atoms with Gasteiger partial charge in [-0.25, -0.2) is 0 Å². The van der Waals surface area contributed by atoms with Gasteiger partial charge in [0.25, 0.3) is 0 Å². The van der Waals surface area contributed by atoms with E-state index in [1.165, 1.54) is 161 Å². The molecule has 1 atom stereocenters. The van der Waals surface area contributed by atoms with E-state index < -0.39 is 0 Å². The van der Waals surface area contributed by atoms with Crippen LogP contribution in [0.4, 0.5) is 0 Å². The van der Waals surface area contributed by atoms with Crippen LogP contribution in [-0.4, -0.2) is 32.2 Å². The largest absolute Gasteiger partial charge is 1.00 e. The van der Waals surface area contributed by atoms with Gasteiger partial charge in [-0.3, -0.25) is 0 Å². The third-order valence-corrected chi connectivity index (χ3v) is 7.33. The lowest BCUT2D eigenvalue weighted by atomic mass is 9.95. The molecule has 0 aliphatic rings. The molecule has 202 valence electrons. The second-order valence-corrected chi connectivity index (χ2v) is 12.1. The van der Waals surface area contributed by atoms with Crippen LogP contribution in [0.3, 0.4) is 0 Å². The summed E-state index contributed by atoms with van der Waals surface area (Å²) in [6.07, 6.45) is 35.2. The van der Waals surface area contributed by atoms with E-state index in [4.69, 9.17) is 0 Å². The third-order valence-electron chi connectivity index (χ3n) is 7.33. The molecule has 0 N–H and O–H groups in total. The smallest absolute Gasteiger partial charge is 0.0780 e. The summed E-state index contributed by atoms with van der Waals surface area (Å²) in [5.41, 5.74) is 0. The standard InChI is InChI=1S/C31H66N.ClH/c1-6-7-8-9-10-19-22-25-28-31(2)29-26-23-20-17-15-13-11-12-14-16-18-21-24-27-30-32(3,4)5;/h31H,6-30H2,1-5H3;1H/q+1;/p-1. The number of halogens is 1. The van der Waals surface area contributed by atoms with E-state index in [1.807, 2.05) is 0 Å². The molecule has 0 spiro atoms. The van der Waals surface area contributed by atoms with E-state index in [-0.39, 0.29) is 12.4 Å². The maximum atomic E-state index is 2.49. The Morgan fingerprint density at radius 1 is 0.424 bits per heavy atom. The molecule has 0 aromatic rings. The van der Waals surface area contributed by atoms with Crippen LogP contribution in [0.2, 0.25) is 0 Å². The van der Waals surface area contributed by atoms with Crippen molar-refractivity contribution in [3.63, 3.8) is 0 Å². The van der Waals surface area contributed by atoms with Crippen molar-refractivity contribution in [1.29, 1.82) is 0 Å². The van der Waals surface area contributed by atoms with Crippen LogP contribution in [-0.2, 0) is 0 Å². The SMILES string of the molecule is CCCCCCCCCCC(C)CCCCCCCCCCCCCCCC[N+](C)(C)C.[Cl-]. The van der Waals surface area contributed by atoms with Crippen molar-refractivity contribution >= 4 is 0 Å². The lowest BCUT2D eigenvalue weighted by molar-refractivity contribution is -0.870. The van der Waals surface area contributed by atoms with Gasteiger partial charge in [0, 0.05) is 0 Å². The first-order chi connectivity index (χ1) is 15.5. The lowest BCUT2D eigenvalue weighted by Crippen LogP contribution is -3.00. The van der Waals surface area contributed by atoms with E-state index >= 15 is 0 Å². The Bertz CT molecular complexity index is 349. The maximum Gasteiger partial charge on any atom is 0.0780 e. The fourth-order valence-corrected chi connectivity index (χ4v) is 4.97. The molecule has 0 bridgehead atoms. The molecular formula is C31H66ClN. The van der Waals surface area contributed by atoms with Gasteiger partial charge >= 0.3 is 0 Å². The summed E-state index contributed by atoms with van der Waals surface area (Å²) < 4.78 is 1.12. The average Bonchev–Trinajstić information content (AvgIpc) is 2.74. The highest BCUT2D eigenvalue weighted by molar-refractivity contribution is 4.56. The predicted molar refractivity (Wildman–Crippen MR) is 149 cm³/mol. The van der Waals surface area contributed by atoms with Gasteiger partial charge < -0.3 is 16.9 Å². The van der Waals surface area contributed by atoms with Crippen LogP contribution in [0.5, 0.6) is 0 Å². The topological polar surface area (TPSA) is 0 Å². The summed E-state index contributed by atoms with van der Waals surface area (Å²) in [6.45, 7) is 6.13. The molecule has 0 aliphatic carbocycles. The first-order valence-corrected chi connectivity index (χ1v) is 15.3. The Kier molecular flexibility index (Phi) is 28.8. The number of nitrogens with zero attached hydrogens (tertiary/aromatic N) is 1. The highest BCUT2D eigenvalue weighted by Gasteiger charge is 2.05. The highest BCUT2D eigenvalue weighted by atomic mass is 35.5. The molecule has 0 fully saturated rings. The van der Waals surface area contributed by atoms with Gasteiger partial charge in [0.05, 0.1) is 27.7 Å². The first-order valence-electron chi connectivity index (χ1n) is 15.3. The molecule has 2 heteroatoms. The Balaban J connectivity index is 0. The van der Waals surface area contributed by atoms with Crippen molar-refractivity contribution in [2.45, 2.75) is 168 Å². The molecule has 0 aliphatic heterocycles. The van der Waals surface area contributed by atoms with E-state index in [9.17, 15) is 0 Å². The van der Waals surface area contributed by atoms with E-state index in [1.54, 1.807) is 0 Å². The summed E-state index contributed by atoms with van der Waals surface area (Å²) in [7, 11) is 6.92. The van der Waals surface area contributed by atoms with Crippen LogP contribution in [0.25, 0.3) is 0 Å². The summed E-state index contributed by atoms with van der Waals surface area (Å²) in [6, 6.07) is 0.